The van der Waals surface area contributed by atoms with E-state index in [2.05, 4.69) is 50.5 Å². The van der Waals surface area contributed by atoms with E-state index in [0.29, 0.717) is 24.7 Å². The number of aliphatic hydroxyl groups excluding tert-OH is 2. The third-order valence-electron chi connectivity index (χ3n) is 3.51. The molecule has 20 heavy (non-hydrogen) atoms. The number of aliphatic hydroxyl groups is 2. The lowest BCUT2D eigenvalue weighted by Gasteiger charge is -2.31. The fourth-order valence-electron chi connectivity index (χ4n) is 2.26. The molecule has 122 valence electrons. The monoisotopic (exact) mass is 376 g/mol. The summed E-state index contributed by atoms with van der Waals surface area (Å²) < 4.78 is 0. The zero-order valence-corrected chi connectivity index (χ0v) is 16.1. The molecule has 0 fully saturated rings. The van der Waals surface area contributed by atoms with Crippen LogP contribution in [0.5, 0.6) is 0 Å². The second-order valence-corrected chi connectivity index (χ2v) is 7.97. The molecule has 0 aromatic rings. The quantitative estimate of drug-likeness (QED) is 0.268. The molecule has 0 amide bonds. The van der Waals surface area contributed by atoms with Crippen LogP contribution >= 0.6 is 63.1 Å². The smallest absolute Gasteiger partial charge is 0.0441 e. The number of hydrogen-bond acceptors (Lipinski definition) is 7. The van der Waals surface area contributed by atoms with Crippen LogP contribution in [-0.2, 0) is 0 Å². The van der Waals surface area contributed by atoms with Crippen LogP contribution in [0.2, 0.25) is 0 Å². The van der Waals surface area contributed by atoms with Gasteiger partial charge >= 0.3 is 0 Å². The van der Waals surface area contributed by atoms with E-state index in [1.54, 1.807) is 0 Å². The zero-order chi connectivity index (χ0) is 15.5. The SMILES string of the molecule is OCCC(S)CC(CS)C(S)C(CS)CC(S)CCO. The minimum atomic E-state index is 0.163. The van der Waals surface area contributed by atoms with Crippen molar-refractivity contribution in [3.63, 3.8) is 0 Å². The second-order valence-electron chi connectivity index (χ2n) is 5.18. The van der Waals surface area contributed by atoms with Crippen molar-refractivity contribution in [3.8, 4) is 0 Å². The van der Waals surface area contributed by atoms with Gasteiger partial charge in [-0.15, -0.1) is 0 Å². The highest BCUT2D eigenvalue weighted by Gasteiger charge is 2.27. The molecule has 0 rings (SSSR count). The van der Waals surface area contributed by atoms with Crippen molar-refractivity contribution in [2.45, 2.75) is 41.4 Å². The summed E-state index contributed by atoms with van der Waals surface area (Å²) in [6, 6.07) is 0. The van der Waals surface area contributed by atoms with Crippen molar-refractivity contribution >= 4 is 63.1 Å². The largest absolute Gasteiger partial charge is 0.396 e. The normalized spacial score (nSPS) is 19.4. The Morgan fingerprint density at radius 1 is 0.700 bits per heavy atom. The maximum atomic E-state index is 8.96. The van der Waals surface area contributed by atoms with E-state index in [1.807, 2.05) is 0 Å². The molecule has 0 aliphatic rings. The van der Waals surface area contributed by atoms with Crippen LogP contribution in [0, 0.1) is 11.8 Å². The first-order valence-corrected chi connectivity index (χ1v) is 9.79. The molecule has 2 nitrogen and oxygen atoms in total. The summed E-state index contributed by atoms with van der Waals surface area (Å²) in [5, 5.41) is 18.5. The van der Waals surface area contributed by atoms with Crippen molar-refractivity contribution < 1.29 is 10.2 Å². The predicted octanol–water partition coefficient (Wildman–Crippen LogP) is 2.52. The highest BCUT2D eigenvalue weighted by atomic mass is 32.1. The minimum Gasteiger partial charge on any atom is -0.396 e. The molecule has 0 aliphatic carbocycles. The molecule has 0 aliphatic heterocycles. The van der Waals surface area contributed by atoms with Gasteiger partial charge in [-0.3, -0.25) is 0 Å². The lowest BCUT2D eigenvalue weighted by atomic mass is 9.88. The highest BCUT2D eigenvalue weighted by molar-refractivity contribution is 7.82. The van der Waals surface area contributed by atoms with Gasteiger partial charge in [-0.25, -0.2) is 0 Å². The first-order valence-electron chi connectivity index (χ1n) is 6.97. The molecule has 0 aromatic carbocycles. The third kappa shape index (κ3) is 8.96. The average Bonchev–Trinajstić information content (AvgIpc) is 2.42. The summed E-state index contributed by atoms with van der Waals surface area (Å²) in [5.74, 6) is 2.17. The van der Waals surface area contributed by atoms with Crippen LogP contribution in [-0.4, -0.2) is 50.7 Å². The summed E-state index contributed by atoms with van der Waals surface area (Å²) in [5.41, 5.74) is 0. The van der Waals surface area contributed by atoms with Crippen LogP contribution < -0.4 is 0 Å². The van der Waals surface area contributed by atoms with E-state index in [0.717, 1.165) is 24.3 Å². The van der Waals surface area contributed by atoms with Gasteiger partial charge in [0.05, 0.1) is 0 Å². The van der Waals surface area contributed by atoms with Gasteiger partial charge in [0.25, 0.3) is 0 Å². The molecule has 4 atom stereocenters. The molecule has 0 bridgehead atoms. The van der Waals surface area contributed by atoms with E-state index in [9.17, 15) is 0 Å². The maximum Gasteiger partial charge on any atom is 0.0441 e. The van der Waals surface area contributed by atoms with Gasteiger partial charge in [-0.2, -0.15) is 63.1 Å². The van der Waals surface area contributed by atoms with Crippen LogP contribution in [0.3, 0.4) is 0 Å². The van der Waals surface area contributed by atoms with E-state index in [-0.39, 0.29) is 29.0 Å². The lowest BCUT2D eigenvalue weighted by molar-refractivity contribution is 0.275. The van der Waals surface area contributed by atoms with Gasteiger partial charge in [0.2, 0.25) is 0 Å². The van der Waals surface area contributed by atoms with E-state index < -0.39 is 0 Å². The van der Waals surface area contributed by atoms with Crippen molar-refractivity contribution in [2.24, 2.45) is 11.8 Å². The molecule has 0 aromatic heterocycles. The standard InChI is InChI=1S/C13H28O2S5/c14-3-1-11(18)5-9(7-16)13(20)10(8-17)6-12(19)2-4-15/h9-20H,1-8H2. The first-order chi connectivity index (χ1) is 9.49. The summed E-state index contributed by atoms with van der Waals surface area (Å²) in [6.45, 7) is 0.325. The molecule has 0 spiro atoms. The molecule has 7 heteroatoms. The Hall–Kier alpha value is 1.67. The van der Waals surface area contributed by atoms with Crippen molar-refractivity contribution in [1.82, 2.24) is 0 Å². The van der Waals surface area contributed by atoms with Gasteiger partial charge in [-0.05, 0) is 49.0 Å². The molecule has 0 saturated carbocycles. The highest BCUT2D eigenvalue weighted by Crippen LogP contribution is 2.31. The fourth-order valence-corrected chi connectivity index (χ4v) is 4.57. The van der Waals surface area contributed by atoms with Crippen molar-refractivity contribution in [3.05, 3.63) is 0 Å². The Morgan fingerprint density at radius 3 is 1.30 bits per heavy atom. The Bertz CT molecular complexity index is 211. The molecule has 0 heterocycles. The summed E-state index contributed by atoms with van der Waals surface area (Å²) >= 11 is 22.7. The van der Waals surface area contributed by atoms with E-state index in [1.165, 1.54) is 0 Å². The topological polar surface area (TPSA) is 40.5 Å². The Labute approximate surface area is 150 Å². The number of thiol groups is 5. The summed E-state index contributed by atoms with van der Waals surface area (Å²) in [6.07, 6.45) is 3.17. The maximum absolute atomic E-state index is 8.96. The van der Waals surface area contributed by atoms with Gasteiger partial charge in [-0.1, -0.05) is 0 Å². The Morgan fingerprint density at radius 2 is 1.05 bits per heavy atom. The fraction of sp³-hybridized carbons (Fsp3) is 1.00. The Balaban J connectivity index is 4.47. The summed E-state index contributed by atoms with van der Waals surface area (Å²) in [7, 11) is 0. The molecule has 2 N–H and O–H groups in total. The van der Waals surface area contributed by atoms with Crippen LogP contribution in [0.1, 0.15) is 25.7 Å². The molecular weight excluding hydrogens is 348 g/mol. The van der Waals surface area contributed by atoms with Gasteiger partial charge in [0, 0.05) is 29.0 Å². The van der Waals surface area contributed by atoms with Gasteiger partial charge < -0.3 is 10.2 Å². The second kappa shape index (κ2) is 13.1. The molecule has 0 saturated heterocycles. The van der Waals surface area contributed by atoms with Crippen LogP contribution in [0.25, 0.3) is 0 Å². The lowest BCUT2D eigenvalue weighted by Crippen LogP contribution is -2.31. The molecule has 0 radical (unpaired) electrons. The average molecular weight is 377 g/mol. The van der Waals surface area contributed by atoms with Crippen molar-refractivity contribution in [1.29, 1.82) is 0 Å². The predicted molar refractivity (Wildman–Crippen MR) is 106 cm³/mol. The first kappa shape index (κ1) is 21.7. The minimum absolute atomic E-state index is 0.163. The van der Waals surface area contributed by atoms with Crippen molar-refractivity contribution in [2.75, 3.05) is 24.7 Å². The summed E-state index contributed by atoms with van der Waals surface area (Å²) in [4.78, 5) is 0. The Kier molecular flexibility index (Phi) is 14.2. The number of rotatable bonds is 12. The van der Waals surface area contributed by atoms with E-state index >= 15 is 0 Å². The van der Waals surface area contributed by atoms with Crippen LogP contribution in [0.4, 0.5) is 0 Å². The third-order valence-corrected chi connectivity index (χ3v) is 6.23. The molecule has 4 unspecified atom stereocenters. The van der Waals surface area contributed by atoms with E-state index in [4.69, 9.17) is 22.8 Å². The van der Waals surface area contributed by atoms with Gasteiger partial charge in [0.1, 0.15) is 0 Å². The van der Waals surface area contributed by atoms with Gasteiger partial charge in [0.15, 0.2) is 0 Å². The molecular formula is C13H28O2S5. The zero-order valence-electron chi connectivity index (χ0n) is 11.7. The van der Waals surface area contributed by atoms with Crippen LogP contribution in [0.15, 0.2) is 0 Å². The number of hydrogen-bond donors (Lipinski definition) is 7.